The van der Waals surface area contributed by atoms with Crippen molar-refractivity contribution in [1.29, 1.82) is 0 Å². The number of carbonyl (C=O) groups is 2. The first-order valence-corrected chi connectivity index (χ1v) is 7.32. The molecule has 3 rings (SSSR count). The minimum absolute atomic E-state index is 0.115. The number of rotatable bonds is 3. The van der Waals surface area contributed by atoms with Crippen LogP contribution in [0.5, 0.6) is 0 Å². The first-order valence-electron chi connectivity index (χ1n) is 6.44. The highest BCUT2D eigenvalue weighted by atomic mass is 32.1. The molecule has 0 unspecified atom stereocenters. The minimum atomic E-state index is -1.01. The number of aromatic carboxylic acids is 1. The van der Waals surface area contributed by atoms with Crippen LogP contribution < -0.4 is 4.90 Å². The van der Waals surface area contributed by atoms with Gasteiger partial charge in [-0.15, -0.1) is 11.3 Å². The van der Waals surface area contributed by atoms with E-state index in [1.54, 1.807) is 17.5 Å². The fourth-order valence-corrected chi connectivity index (χ4v) is 3.26. The van der Waals surface area contributed by atoms with Crippen molar-refractivity contribution in [1.82, 2.24) is 0 Å². The number of amides is 1. The molecule has 0 bridgehead atoms. The van der Waals surface area contributed by atoms with Gasteiger partial charge in [0.05, 0.1) is 12.2 Å². The van der Waals surface area contributed by atoms with Gasteiger partial charge in [-0.2, -0.15) is 0 Å². The Kier molecular flexibility index (Phi) is 3.47. The molecule has 0 saturated heterocycles. The molecule has 0 atom stereocenters. The van der Waals surface area contributed by atoms with Crippen molar-refractivity contribution in [3.8, 4) is 0 Å². The maximum atomic E-state index is 13.5. The van der Waals surface area contributed by atoms with Crippen LogP contribution in [0.4, 0.5) is 10.1 Å². The number of thiophene rings is 1. The van der Waals surface area contributed by atoms with Gasteiger partial charge in [0.2, 0.25) is 5.91 Å². The third-order valence-corrected chi connectivity index (χ3v) is 4.46. The lowest BCUT2D eigenvalue weighted by Crippen LogP contribution is -2.34. The molecule has 2 aromatic rings. The summed E-state index contributed by atoms with van der Waals surface area (Å²) in [6, 6.07) is 6.07. The number of hydrogen-bond acceptors (Lipinski definition) is 3. The first kappa shape index (κ1) is 13.8. The van der Waals surface area contributed by atoms with E-state index in [0.717, 1.165) is 16.9 Å². The van der Waals surface area contributed by atoms with E-state index in [-0.39, 0.29) is 17.3 Å². The van der Waals surface area contributed by atoms with Crippen molar-refractivity contribution in [2.24, 2.45) is 0 Å². The van der Waals surface area contributed by atoms with Gasteiger partial charge < -0.3 is 10.0 Å². The van der Waals surface area contributed by atoms with Crippen molar-refractivity contribution in [2.75, 3.05) is 4.90 Å². The number of fused-ring (bicyclic) bond motifs is 1. The van der Waals surface area contributed by atoms with E-state index in [1.807, 2.05) is 0 Å². The Morgan fingerprint density at radius 2 is 2.14 bits per heavy atom. The minimum Gasteiger partial charge on any atom is -0.477 e. The van der Waals surface area contributed by atoms with Crippen LogP contribution in [0.1, 0.15) is 27.2 Å². The molecule has 1 aliphatic heterocycles. The van der Waals surface area contributed by atoms with Crippen LogP contribution >= 0.6 is 11.3 Å². The van der Waals surface area contributed by atoms with Crippen molar-refractivity contribution in [3.63, 3.8) is 0 Å². The van der Waals surface area contributed by atoms with Gasteiger partial charge in [-0.1, -0.05) is 6.07 Å². The lowest BCUT2D eigenvalue weighted by Gasteiger charge is -2.29. The standard InChI is InChI=1S/C15H12FNO3S/c16-11-3-1-9-2-4-13(18)17(12(9)7-11)8-10-5-6-21-14(10)15(19)20/h1,3,5-7H,2,4,8H2,(H,19,20). The summed E-state index contributed by atoms with van der Waals surface area (Å²) in [4.78, 5) is 25.0. The molecule has 21 heavy (non-hydrogen) atoms. The zero-order valence-electron chi connectivity index (χ0n) is 11.0. The summed E-state index contributed by atoms with van der Waals surface area (Å²) in [6.07, 6.45) is 0.936. The fourth-order valence-electron chi connectivity index (χ4n) is 2.50. The summed E-state index contributed by atoms with van der Waals surface area (Å²) in [5.41, 5.74) is 2.01. The predicted molar refractivity (Wildman–Crippen MR) is 77.2 cm³/mol. The molecule has 1 N–H and O–H groups in total. The van der Waals surface area contributed by atoms with Gasteiger partial charge >= 0.3 is 5.97 Å². The molecule has 0 saturated carbocycles. The van der Waals surface area contributed by atoms with Crippen LogP contribution in [0.3, 0.4) is 0 Å². The Balaban J connectivity index is 1.98. The third kappa shape index (κ3) is 2.54. The van der Waals surface area contributed by atoms with Crippen molar-refractivity contribution < 1.29 is 19.1 Å². The van der Waals surface area contributed by atoms with Crippen LogP contribution in [0.2, 0.25) is 0 Å². The summed E-state index contributed by atoms with van der Waals surface area (Å²) in [5, 5.41) is 10.8. The lowest BCUT2D eigenvalue weighted by atomic mass is 10.0. The highest BCUT2D eigenvalue weighted by Crippen LogP contribution is 2.31. The topological polar surface area (TPSA) is 57.6 Å². The smallest absolute Gasteiger partial charge is 0.346 e. The molecule has 108 valence electrons. The van der Waals surface area contributed by atoms with E-state index in [1.165, 1.54) is 17.0 Å². The second-order valence-corrected chi connectivity index (χ2v) is 5.75. The zero-order valence-corrected chi connectivity index (χ0v) is 11.8. The Hall–Kier alpha value is -2.21. The van der Waals surface area contributed by atoms with Gasteiger partial charge in [-0.25, -0.2) is 9.18 Å². The number of aryl methyl sites for hydroxylation is 1. The van der Waals surface area contributed by atoms with Gasteiger partial charge in [0.25, 0.3) is 0 Å². The van der Waals surface area contributed by atoms with Gasteiger partial charge in [0.1, 0.15) is 10.7 Å². The fraction of sp³-hybridized carbons (Fsp3) is 0.200. The Labute approximate surface area is 124 Å². The normalized spacial score (nSPS) is 14.1. The van der Waals surface area contributed by atoms with Crippen LogP contribution in [-0.2, 0) is 17.8 Å². The summed E-state index contributed by atoms with van der Waals surface area (Å²) < 4.78 is 13.5. The molecule has 6 heteroatoms. The summed E-state index contributed by atoms with van der Waals surface area (Å²) in [7, 11) is 0. The van der Waals surface area contributed by atoms with Crippen molar-refractivity contribution >= 4 is 28.9 Å². The highest BCUT2D eigenvalue weighted by molar-refractivity contribution is 7.12. The zero-order chi connectivity index (χ0) is 15.0. The largest absolute Gasteiger partial charge is 0.477 e. The number of benzene rings is 1. The number of nitrogens with zero attached hydrogens (tertiary/aromatic N) is 1. The van der Waals surface area contributed by atoms with E-state index in [9.17, 15) is 14.0 Å². The highest BCUT2D eigenvalue weighted by Gasteiger charge is 2.26. The van der Waals surface area contributed by atoms with Crippen molar-refractivity contribution in [3.05, 3.63) is 51.5 Å². The predicted octanol–water partition coefficient (Wildman–Crippen LogP) is 3.06. The molecule has 1 amide bonds. The molecule has 0 fully saturated rings. The van der Waals surface area contributed by atoms with Crippen LogP contribution in [0.15, 0.2) is 29.6 Å². The average Bonchev–Trinajstić information content (AvgIpc) is 2.90. The van der Waals surface area contributed by atoms with E-state index < -0.39 is 11.8 Å². The number of hydrogen-bond donors (Lipinski definition) is 1. The van der Waals surface area contributed by atoms with E-state index in [0.29, 0.717) is 24.1 Å². The third-order valence-electron chi connectivity index (χ3n) is 3.52. The number of anilines is 1. The van der Waals surface area contributed by atoms with Gasteiger partial charge in [-0.05, 0) is 41.1 Å². The molecule has 1 aromatic heterocycles. The summed E-state index contributed by atoms with van der Waals surface area (Å²) in [6.45, 7) is 0.153. The van der Waals surface area contributed by atoms with Gasteiger partial charge in [-0.3, -0.25) is 4.79 Å². The molecule has 1 aliphatic rings. The van der Waals surface area contributed by atoms with E-state index in [2.05, 4.69) is 0 Å². The molecule has 0 aliphatic carbocycles. The first-order chi connectivity index (χ1) is 10.1. The maximum Gasteiger partial charge on any atom is 0.346 e. The van der Waals surface area contributed by atoms with Crippen molar-refractivity contribution in [2.45, 2.75) is 19.4 Å². The number of halogens is 1. The molecule has 4 nitrogen and oxygen atoms in total. The Bertz CT molecular complexity index is 725. The molecule has 2 heterocycles. The molecule has 1 aromatic carbocycles. The number of carboxylic acids is 1. The van der Waals surface area contributed by atoms with Crippen LogP contribution in [0.25, 0.3) is 0 Å². The molecular formula is C15H12FNO3S. The lowest BCUT2D eigenvalue weighted by molar-refractivity contribution is -0.119. The quantitative estimate of drug-likeness (QED) is 0.948. The molecular weight excluding hydrogens is 293 g/mol. The summed E-state index contributed by atoms with van der Waals surface area (Å²) in [5.74, 6) is -1.53. The van der Waals surface area contributed by atoms with E-state index >= 15 is 0 Å². The van der Waals surface area contributed by atoms with Crippen LogP contribution in [0, 0.1) is 5.82 Å². The maximum absolute atomic E-state index is 13.5. The average molecular weight is 305 g/mol. The Morgan fingerprint density at radius 3 is 2.90 bits per heavy atom. The van der Waals surface area contributed by atoms with Gasteiger partial charge in [0.15, 0.2) is 0 Å². The summed E-state index contributed by atoms with van der Waals surface area (Å²) >= 11 is 1.12. The van der Waals surface area contributed by atoms with Gasteiger partial charge in [0, 0.05) is 6.42 Å². The monoisotopic (exact) mass is 305 g/mol. The second-order valence-electron chi connectivity index (χ2n) is 4.83. The molecule has 0 spiro atoms. The second kappa shape index (κ2) is 5.29. The van der Waals surface area contributed by atoms with E-state index in [4.69, 9.17) is 5.11 Å². The Morgan fingerprint density at radius 1 is 1.33 bits per heavy atom. The van der Waals surface area contributed by atoms with Crippen LogP contribution in [-0.4, -0.2) is 17.0 Å². The number of carbonyl (C=O) groups excluding carboxylic acids is 1. The molecule has 0 radical (unpaired) electrons. The number of carboxylic acid groups (broad SMARTS) is 1. The SMILES string of the molecule is O=C(O)c1sccc1CN1C(=O)CCc2ccc(F)cc21.